The van der Waals surface area contributed by atoms with Gasteiger partial charge in [-0.3, -0.25) is 9.69 Å². The Labute approximate surface area is 188 Å². The van der Waals surface area contributed by atoms with E-state index in [-0.39, 0.29) is 12.0 Å². The Morgan fingerprint density at radius 3 is 2.66 bits per heavy atom. The van der Waals surface area contributed by atoms with E-state index in [4.69, 9.17) is 9.72 Å². The number of hydrogen-bond donors (Lipinski definition) is 1. The molecule has 3 aromatic rings. The maximum atomic E-state index is 11.7. The van der Waals surface area contributed by atoms with Crippen LogP contribution in [0.25, 0.3) is 17.2 Å². The minimum absolute atomic E-state index is 0.179. The lowest BCUT2D eigenvalue weighted by atomic mass is 10.1. The van der Waals surface area contributed by atoms with Gasteiger partial charge in [0.2, 0.25) is 5.91 Å². The van der Waals surface area contributed by atoms with Crippen LogP contribution in [0.3, 0.4) is 0 Å². The average molecular weight is 435 g/mol. The van der Waals surface area contributed by atoms with Crippen molar-refractivity contribution in [1.29, 1.82) is 0 Å². The SMILES string of the molecule is CC(=O)Nc1cc(-c2cccc(OC3CCN(C(C)C)C3)c2)nc(-n2nc(C)cc2C)n1. The van der Waals surface area contributed by atoms with Gasteiger partial charge in [0.1, 0.15) is 17.7 Å². The van der Waals surface area contributed by atoms with Crippen LogP contribution in [0.2, 0.25) is 0 Å². The second kappa shape index (κ2) is 9.08. The number of nitrogens with one attached hydrogen (secondary N) is 1. The lowest BCUT2D eigenvalue weighted by Gasteiger charge is -2.20. The lowest BCUT2D eigenvalue weighted by Crippen LogP contribution is -2.30. The van der Waals surface area contributed by atoms with Crippen molar-refractivity contribution in [2.24, 2.45) is 0 Å². The maximum absolute atomic E-state index is 11.7. The Hall–Kier alpha value is -3.26. The third kappa shape index (κ3) is 4.96. The first-order chi connectivity index (χ1) is 15.3. The van der Waals surface area contributed by atoms with Crippen LogP contribution in [-0.2, 0) is 4.79 Å². The zero-order valence-electron chi connectivity index (χ0n) is 19.3. The van der Waals surface area contributed by atoms with E-state index in [0.717, 1.165) is 42.2 Å². The summed E-state index contributed by atoms with van der Waals surface area (Å²) < 4.78 is 7.96. The molecule has 0 spiro atoms. The molecule has 4 rings (SSSR count). The number of amides is 1. The summed E-state index contributed by atoms with van der Waals surface area (Å²) in [4.78, 5) is 23.3. The van der Waals surface area contributed by atoms with E-state index in [1.807, 2.05) is 44.2 Å². The first-order valence-corrected chi connectivity index (χ1v) is 11.0. The van der Waals surface area contributed by atoms with Crippen LogP contribution in [-0.4, -0.2) is 55.8 Å². The Balaban J connectivity index is 1.65. The highest BCUT2D eigenvalue weighted by Gasteiger charge is 2.25. The van der Waals surface area contributed by atoms with Crippen molar-refractivity contribution in [3.05, 3.63) is 47.8 Å². The molecule has 1 N–H and O–H groups in total. The highest BCUT2D eigenvalue weighted by Crippen LogP contribution is 2.27. The first kappa shape index (κ1) is 22.0. The molecule has 0 radical (unpaired) electrons. The van der Waals surface area contributed by atoms with Crippen LogP contribution in [0.5, 0.6) is 5.75 Å². The number of hydrogen-bond acceptors (Lipinski definition) is 6. The fourth-order valence-corrected chi connectivity index (χ4v) is 3.99. The number of benzene rings is 1. The molecule has 1 fully saturated rings. The fraction of sp³-hybridized carbons (Fsp3) is 0.417. The average Bonchev–Trinajstić information content (AvgIpc) is 3.33. The quantitative estimate of drug-likeness (QED) is 0.636. The molecule has 8 heteroatoms. The molecule has 1 amide bonds. The van der Waals surface area contributed by atoms with Gasteiger partial charge in [-0.1, -0.05) is 12.1 Å². The molecule has 3 heterocycles. The summed E-state index contributed by atoms with van der Waals surface area (Å²) in [6.07, 6.45) is 1.20. The number of likely N-dealkylation sites (tertiary alicyclic amines) is 1. The molecular weight excluding hydrogens is 404 g/mol. The van der Waals surface area contributed by atoms with E-state index in [1.165, 1.54) is 6.92 Å². The van der Waals surface area contributed by atoms with Gasteiger partial charge < -0.3 is 10.1 Å². The number of nitrogens with zero attached hydrogens (tertiary/aromatic N) is 5. The molecule has 168 valence electrons. The van der Waals surface area contributed by atoms with E-state index in [9.17, 15) is 4.79 Å². The summed E-state index contributed by atoms with van der Waals surface area (Å²) in [5, 5.41) is 7.26. The largest absolute Gasteiger partial charge is 0.489 e. The smallest absolute Gasteiger partial charge is 0.253 e. The van der Waals surface area contributed by atoms with Gasteiger partial charge in [-0.15, -0.1) is 0 Å². The van der Waals surface area contributed by atoms with Crippen LogP contribution < -0.4 is 10.1 Å². The van der Waals surface area contributed by atoms with Crippen molar-refractivity contribution in [2.45, 2.75) is 53.2 Å². The lowest BCUT2D eigenvalue weighted by molar-refractivity contribution is -0.114. The molecule has 1 aromatic carbocycles. The summed E-state index contributed by atoms with van der Waals surface area (Å²) >= 11 is 0. The molecule has 0 aliphatic carbocycles. The first-order valence-electron chi connectivity index (χ1n) is 11.0. The molecular formula is C24H30N6O2. The van der Waals surface area contributed by atoms with Crippen molar-refractivity contribution in [3.8, 4) is 23.0 Å². The number of carbonyl (C=O) groups excluding carboxylic acids is 1. The molecule has 1 aliphatic heterocycles. The number of anilines is 1. The van der Waals surface area contributed by atoms with Gasteiger partial charge in [-0.05, 0) is 52.3 Å². The Kier molecular flexibility index (Phi) is 6.23. The Morgan fingerprint density at radius 1 is 1.19 bits per heavy atom. The molecule has 1 aliphatic rings. The maximum Gasteiger partial charge on any atom is 0.253 e. The van der Waals surface area contributed by atoms with Crippen molar-refractivity contribution in [1.82, 2.24) is 24.6 Å². The number of aryl methyl sites for hydroxylation is 2. The van der Waals surface area contributed by atoms with Gasteiger partial charge >= 0.3 is 0 Å². The molecule has 1 saturated heterocycles. The minimum Gasteiger partial charge on any atom is -0.489 e. The third-order valence-electron chi connectivity index (χ3n) is 5.56. The van der Waals surface area contributed by atoms with Crippen LogP contribution in [0.1, 0.15) is 38.6 Å². The Bertz CT molecular complexity index is 1120. The van der Waals surface area contributed by atoms with Gasteiger partial charge in [0.15, 0.2) is 0 Å². The molecule has 1 unspecified atom stereocenters. The van der Waals surface area contributed by atoms with E-state index in [1.54, 1.807) is 10.7 Å². The van der Waals surface area contributed by atoms with Gasteiger partial charge in [0.05, 0.1) is 11.4 Å². The van der Waals surface area contributed by atoms with Gasteiger partial charge in [-0.2, -0.15) is 10.1 Å². The molecule has 0 saturated carbocycles. The third-order valence-corrected chi connectivity index (χ3v) is 5.56. The summed E-state index contributed by atoms with van der Waals surface area (Å²) in [5.74, 6) is 1.46. The molecule has 8 nitrogen and oxygen atoms in total. The van der Waals surface area contributed by atoms with Crippen molar-refractivity contribution in [3.63, 3.8) is 0 Å². The topological polar surface area (TPSA) is 85.2 Å². The van der Waals surface area contributed by atoms with Crippen molar-refractivity contribution < 1.29 is 9.53 Å². The predicted molar refractivity (Wildman–Crippen MR) is 124 cm³/mol. The second-order valence-corrected chi connectivity index (χ2v) is 8.60. The van der Waals surface area contributed by atoms with E-state index < -0.39 is 0 Å². The zero-order chi connectivity index (χ0) is 22.8. The standard InChI is InChI=1S/C24H30N6O2/c1-15(2)29-10-9-21(14-29)32-20-8-6-7-19(12-20)22-13-23(25-18(5)31)27-24(26-22)30-17(4)11-16(3)28-30/h6-8,11-13,15,21H,9-10,14H2,1-5H3,(H,25,26,27,31). The van der Waals surface area contributed by atoms with Crippen LogP contribution in [0, 0.1) is 13.8 Å². The fourth-order valence-electron chi connectivity index (χ4n) is 3.99. The number of carbonyl (C=O) groups is 1. The van der Waals surface area contributed by atoms with Crippen LogP contribution in [0.15, 0.2) is 36.4 Å². The predicted octanol–water partition coefficient (Wildman–Crippen LogP) is 3.77. The van der Waals surface area contributed by atoms with Gasteiger partial charge in [0, 0.05) is 43.4 Å². The van der Waals surface area contributed by atoms with E-state index in [2.05, 4.69) is 34.1 Å². The summed E-state index contributed by atoms with van der Waals surface area (Å²) in [6.45, 7) is 11.7. The molecule has 32 heavy (non-hydrogen) atoms. The summed E-state index contributed by atoms with van der Waals surface area (Å²) in [6, 6.07) is 12.2. The number of ether oxygens (including phenoxy) is 1. The van der Waals surface area contributed by atoms with E-state index >= 15 is 0 Å². The highest BCUT2D eigenvalue weighted by molar-refractivity contribution is 5.88. The highest BCUT2D eigenvalue weighted by atomic mass is 16.5. The monoisotopic (exact) mass is 434 g/mol. The second-order valence-electron chi connectivity index (χ2n) is 8.60. The summed E-state index contributed by atoms with van der Waals surface area (Å²) in [7, 11) is 0. The normalized spacial score (nSPS) is 16.5. The summed E-state index contributed by atoms with van der Waals surface area (Å²) in [5.41, 5.74) is 3.37. The van der Waals surface area contributed by atoms with Crippen molar-refractivity contribution in [2.75, 3.05) is 18.4 Å². The van der Waals surface area contributed by atoms with Crippen LogP contribution >= 0.6 is 0 Å². The minimum atomic E-state index is -0.193. The van der Waals surface area contributed by atoms with Gasteiger partial charge in [0.25, 0.3) is 5.95 Å². The molecule has 1 atom stereocenters. The molecule has 0 bridgehead atoms. The van der Waals surface area contributed by atoms with Crippen molar-refractivity contribution >= 4 is 11.7 Å². The molecule has 2 aromatic heterocycles. The number of rotatable bonds is 6. The zero-order valence-corrected chi connectivity index (χ0v) is 19.3. The Morgan fingerprint density at radius 2 is 2.00 bits per heavy atom. The van der Waals surface area contributed by atoms with E-state index in [0.29, 0.717) is 23.5 Å². The number of aromatic nitrogens is 4. The van der Waals surface area contributed by atoms with Gasteiger partial charge in [-0.25, -0.2) is 9.67 Å². The van der Waals surface area contributed by atoms with Crippen LogP contribution in [0.4, 0.5) is 5.82 Å².